The third-order valence-electron chi connectivity index (χ3n) is 5.31. The SMILES string of the molecule is COc1ccccc1-c1c(N)n[nH]c1C1CC2CCC1C2. The molecule has 4 heteroatoms. The Balaban J connectivity index is 1.81. The number of hydrogen-bond acceptors (Lipinski definition) is 3. The molecule has 2 fully saturated rings. The van der Waals surface area contributed by atoms with E-state index in [2.05, 4.69) is 16.3 Å². The van der Waals surface area contributed by atoms with E-state index < -0.39 is 0 Å². The Kier molecular flexibility index (Phi) is 2.91. The molecule has 4 rings (SSSR count). The van der Waals surface area contributed by atoms with Crippen molar-refractivity contribution < 1.29 is 4.74 Å². The van der Waals surface area contributed by atoms with Gasteiger partial charge in [-0.25, -0.2) is 0 Å². The molecule has 2 aliphatic carbocycles. The number of anilines is 1. The molecule has 1 aromatic heterocycles. The Bertz CT molecular complexity index is 664. The highest BCUT2D eigenvalue weighted by Gasteiger charge is 2.42. The van der Waals surface area contributed by atoms with E-state index in [0.29, 0.717) is 11.7 Å². The van der Waals surface area contributed by atoms with Crippen molar-refractivity contribution in [2.45, 2.75) is 31.6 Å². The smallest absolute Gasteiger partial charge is 0.153 e. The normalized spacial score (nSPS) is 27.2. The van der Waals surface area contributed by atoms with Crippen LogP contribution in [0.5, 0.6) is 5.75 Å². The number of ether oxygens (including phenoxy) is 1. The van der Waals surface area contributed by atoms with Crippen molar-refractivity contribution in [2.75, 3.05) is 12.8 Å². The maximum atomic E-state index is 6.16. The number of aromatic amines is 1. The van der Waals surface area contributed by atoms with E-state index in [1.165, 1.54) is 31.4 Å². The fraction of sp³-hybridized carbons (Fsp3) is 0.471. The first-order chi connectivity index (χ1) is 10.3. The first-order valence-electron chi connectivity index (χ1n) is 7.75. The van der Waals surface area contributed by atoms with Crippen molar-refractivity contribution in [3.63, 3.8) is 0 Å². The molecule has 0 aliphatic heterocycles. The molecule has 0 amide bonds. The zero-order chi connectivity index (χ0) is 14.4. The minimum absolute atomic E-state index is 0.577. The topological polar surface area (TPSA) is 63.9 Å². The highest BCUT2D eigenvalue weighted by atomic mass is 16.5. The van der Waals surface area contributed by atoms with Crippen molar-refractivity contribution >= 4 is 5.82 Å². The highest BCUT2D eigenvalue weighted by Crippen LogP contribution is 2.54. The van der Waals surface area contributed by atoms with Crippen molar-refractivity contribution in [3.8, 4) is 16.9 Å². The average Bonchev–Trinajstić information content (AvgIpc) is 3.22. The average molecular weight is 283 g/mol. The van der Waals surface area contributed by atoms with Gasteiger partial charge in [0.2, 0.25) is 0 Å². The van der Waals surface area contributed by atoms with Gasteiger partial charge in [0, 0.05) is 17.2 Å². The second-order valence-corrected chi connectivity index (χ2v) is 6.38. The summed E-state index contributed by atoms with van der Waals surface area (Å²) in [6.07, 6.45) is 5.39. The van der Waals surface area contributed by atoms with Crippen LogP contribution in [0.1, 0.15) is 37.3 Å². The second-order valence-electron chi connectivity index (χ2n) is 6.38. The first-order valence-corrected chi connectivity index (χ1v) is 7.75. The lowest BCUT2D eigenvalue weighted by molar-refractivity contribution is 0.411. The van der Waals surface area contributed by atoms with E-state index in [4.69, 9.17) is 10.5 Å². The molecule has 0 radical (unpaired) electrons. The Morgan fingerprint density at radius 3 is 2.81 bits per heavy atom. The molecule has 2 aliphatic rings. The third kappa shape index (κ3) is 1.93. The fourth-order valence-electron chi connectivity index (χ4n) is 4.37. The number of hydrogen-bond donors (Lipinski definition) is 2. The predicted octanol–water partition coefficient (Wildman–Crippen LogP) is 3.57. The van der Waals surface area contributed by atoms with Crippen molar-refractivity contribution in [1.29, 1.82) is 0 Å². The van der Waals surface area contributed by atoms with Gasteiger partial charge >= 0.3 is 0 Å². The number of nitrogens with two attached hydrogens (primary N) is 1. The van der Waals surface area contributed by atoms with E-state index in [9.17, 15) is 0 Å². The standard InChI is InChI=1S/C17H21N3O/c1-21-14-5-3-2-4-12(14)15-16(19-20-17(15)18)13-9-10-6-7-11(13)8-10/h2-5,10-11,13H,6-9H2,1H3,(H3,18,19,20). The molecule has 0 saturated heterocycles. The molecular weight excluding hydrogens is 262 g/mol. The minimum Gasteiger partial charge on any atom is -0.496 e. The van der Waals surface area contributed by atoms with Crippen LogP contribution < -0.4 is 10.5 Å². The zero-order valence-corrected chi connectivity index (χ0v) is 12.3. The molecular formula is C17H21N3O. The lowest BCUT2D eigenvalue weighted by atomic mass is 9.83. The molecule has 0 spiro atoms. The summed E-state index contributed by atoms with van der Waals surface area (Å²) in [6, 6.07) is 8.05. The molecule has 3 atom stereocenters. The predicted molar refractivity (Wildman–Crippen MR) is 83.2 cm³/mol. The van der Waals surface area contributed by atoms with Crippen LogP contribution in [0.25, 0.3) is 11.1 Å². The number of aromatic nitrogens is 2. The molecule has 2 aromatic rings. The number of nitrogens with one attached hydrogen (secondary N) is 1. The monoisotopic (exact) mass is 283 g/mol. The summed E-state index contributed by atoms with van der Waals surface area (Å²) in [5, 5.41) is 7.51. The van der Waals surface area contributed by atoms with Crippen molar-refractivity contribution in [1.82, 2.24) is 10.2 Å². The molecule has 21 heavy (non-hydrogen) atoms. The van der Waals surface area contributed by atoms with Crippen LogP contribution in [0.15, 0.2) is 24.3 Å². The summed E-state index contributed by atoms with van der Waals surface area (Å²) in [6.45, 7) is 0. The van der Waals surface area contributed by atoms with Gasteiger partial charge in [-0.15, -0.1) is 0 Å². The van der Waals surface area contributed by atoms with Crippen LogP contribution >= 0.6 is 0 Å². The molecule has 1 aromatic carbocycles. The van der Waals surface area contributed by atoms with Crippen LogP contribution in [0.2, 0.25) is 0 Å². The largest absolute Gasteiger partial charge is 0.496 e. The number of fused-ring (bicyclic) bond motifs is 2. The van der Waals surface area contributed by atoms with E-state index >= 15 is 0 Å². The van der Waals surface area contributed by atoms with E-state index in [1.54, 1.807) is 7.11 Å². The van der Waals surface area contributed by atoms with Crippen molar-refractivity contribution in [3.05, 3.63) is 30.0 Å². The summed E-state index contributed by atoms with van der Waals surface area (Å²) in [7, 11) is 1.70. The summed E-state index contributed by atoms with van der Waals surface area (Å²) >= 11 is 0. The molecule has 1 heterocycles. The number of benzene rings is 1. The summed E-state index contributed by atoms with van der Waals surface area (Å²) in [4.78, 5) is 0. The minimum atomic E-state index is 0.577. The quantitative estimate of drug-likeness (QED) is 0.905. The number of para-hydroxylation sites is 1. The van der Waals surface area contributed by atoms with Crippen LogP contribution in [-0.4, -0.2) is 17.3 Å². The van der Waals surface area contributed by atoms with Crippen molar-refractivity contribution in [2.24, 2.45) is 11.8 Å². The van der Waals surface area contributed by atoms with Gasteiger partial charge in [0.1, 0.15) is 5.75 Å². The summed E-state index contributed by atoms with van der Waals surface area (Å²) in [5.74, 6) is 3.71. The molecule has 4 nitrogen and oxygen atoms in total. The van der Waals surface area contributed by atoms with Gasteiger partial charge in [-0.2, -0.15) is 5.10 Å². The maximum Gasteiger partial charge on any atom is 0.153 e. The van der Waals surface area contributed by atoms with Gasteiger partial charge in [0.05, 0.1) is 12.7 Å². The maximum absolute atomic E-state index is 6.16. The third-order valence-corrected chi connectivity index (χ3v) is 5.31. The van der Waals surface area contributed by atoms with Gasteiger partial charge in [0.15, 0.2) is 5.82 Å². The van der Waals surface area contributed by atoms with Crippen LogP contribution in [0.3, 0.4) is 0 Å². The zero-order valence-electron chi connectivity index (χ0n) is 12.3. The highest BCUT2D eigenvalue weighted by molar-refractivity contribution is 5.81. The summed E-state index contributed by atoms with van der Waals surface area (Å²) < 4.78 is 5.51. The number of nitrogen functional groups attached to an aromatic ring is 1. The Hall–Kier alpha value is -1.97. The van der Waals surface area contributed by atoms with Gasteiger partial charge in [0.25, 0.3) is 0 Å². The molecule has 2 saturated carbocycles. The second kappa shape index (κ2) is 4.79. The Morgan fingerprint density at radius 1 is 1.24 bits per heavy atom. The number of H-pyrrole nitrogens is 1. The van der Waals surface area contributed by atoms with Crippen LogP contribution in [-0.2, 0) is 0 Å². The summed E-state index contributed by atoms with van der Waals surface area (Å²) in [5.41, 5.74) is 9.47. The molecule has 3 N–H and O–H groups in total. The van der Waals surface area contributed by atoms with E-state index in [-0.39, 0.29) is 0 Å². The molecule has 2 bridgehead atoms. The number of rotatable bonds is 3. The van der Waals surface area contributed by atoms with Gasteiger partial charge in [-0.05, 0) is 37.2 Å². The fourth-order valence-corrected chi connectivity index (χ4v) is 4.37. The molecule has 110 valence electrons. The van der Waals surface area contributed by atoms with Gasteiger partial charge in [-0.1, -0.05) is 24.6 Å². The van der Waals surface area contributed by atoms with E-state index in [1.807, 2.05) is 18.2 Å². The lowest BCUT2D eigenvalue weighted by Crippen LogP contribution is -2.10. The van der Waals surface area contributed by atoms with Crippen LogP contribution in [0, 0.1) is 11.8 Å². The van der Waals surface area contributed by atoms with Gasteiger partial charge in [-0.3, -0.25) is 5.10 Å². The number of methoxy groups -OCH3 is 1. The Morgan fingerprint density at radius 2 is 2.10 bits per heavy atom. The van der Waals surface area contributed by atoms with Crippen LogP contribution in [0.4, 0.5) is 5.82 Å². The Labute approximate surface area is 124 Å². The lowest BCUT2D eigenvalue weighted by Gasteiger charge is -2.22. The first kappa shape index (κ1) is 12.7. The van der Waals surface area contributed by atoms with E-state index in [0.717, 1.165) is 28.7 Å². The number of nitrogens with zero attached hydrogens (tertiary/aromatic N) is 1. The van der Waals surface area contributed by atoms with Gasteiger partial charge < -0.3 is 10.5 Å². The molecule has 3 unspecified atom stereocenters.